The Morgan fingerprint density at radius 3 is 2.30 bits per heavy atom. The Morgan fingerprint density at radius 1 is 0.939 bits per heavy atom. The largest absolute Gasteiger partial charge is 0.303 e. The van der Waals surface area contributed by atoms with Crippen LogP contribution >= 0.6 is 39.9 Å². The van der Waals surface area contributed by atoms with Crippen molar-refractivity contribution in [3.05, 3.63) is 105 Å². The number of nitrogens with zero attached hydrogens (tertiary/aromatic N) is 2. The van der Waals surface area contributed by atoms with Crippen molar-refractivity contribution in [2.24, 2.45) is 0 Å². The molecule has 0 spiro atoms. The Labute approximate surface area is 210 Å². The van der Waals surface area contributed by atoms with Gasteiger partial charge in [0.15, 0.2) is 0 Å². The molecule has 0 aromatic heterocycles. The molecule has 2 aliphatic rings. The van der Waals surface area contributed by atoms with E-state index in [2.05, 4.69) is 15.9 Å². The number of rotatable bonds is 4. The Morgan fingerprint density at radius 2 is 1.61 bits per heavy atom. The van der Waals surface area contributed by atoms with Crippen LogP contribution in [0.25, 0.3) is 5.57 Å². The number of fused-ring (bicyclic) bond motifs is 1. The molecule has 0 saturated carbocycles. The third-order valence-electron chi connectivity index (χ3n) is 5.86. The summed E-state index contributed by atoms with van der Waals surface area (Å²) in [6, 6.07) is 25.1. The minimum absolute atomic E-state index is 0.181. The molecule has 5 rings (SSSR count). The van der Waals surface area contributed by atoms with E-state index in [9.17, 15) is 9.59 Å². The quantitative estimate of drug-likeness (QED) is 0.289. The van der Waals surface area contributed by atoms with Crippen LogP contribution < -0.4 is 4.90 Å². The lowest BCUT2D eigenvalue weighted by Gasteiger charge is -2.23. The average molecular weight is 535 g/mol. The van der Waals surface area contributed by atoms with Gasteiger partial charge in [0.2, 0.25) is 0 Å². The molecule has 3 aromatic rings. The molecule has 2 amide bonds. The van der Waals surface area contributed by atoms with Gasteiger partial charge in [-0.15, -0.1) is 0 Å². The van der Waals surface area contributed by atoms with Crippen LogP contribution in [-0.2, 0) is 16.1 Å². The predicted molar refractivity (Wildman–Crippen MR) is 141 cm³/mol. The Balaban J connectivity index is 1.57. The number of hydrogen-bond acceptors (Lipinski definition) is 4. The SMILES string of the molecule is CC(c1ccccc1)N1C(=O)C(=C2C(=O)N(Cc3ccccc3)c3ccc(Br)cc32)SC1=S. The van der Waals surface area contributed by atoms with Gasteiger partial charge in [0.05, 0.1) is 28.8 Å². The summed E-state index contributed by atoms with van der Waals surface area (Å²) in [5, 5.41) is 0. The van der Waals surface area contributed by atoms with Crippen LogP contribution in [0.2, 0.25) is 0 Å². The van der Waals surface area contributed by atoms with E-state index >= 15 is 0 Å². The second-order valence-electron chi connectivity index (χ2n) is 7.87. The predicted octanol–water partition coefficient (Wildman–Crippen LogP) is 6.33. The van der Waals surface area contributed by atoms with E-state index in [0.29, 0.717) is 21.3 Å². The van der Waals surface area contributed by atoms with E-state index in [1.54, 1.807) is 9.80 Å². The average Bonchev–Trinajstić information content (AvgIpc) is 3.26. The van der Waals surface area contributed by atoms with Gasteiger partial charge in [-0.1, -0.05) is 101 Å². The highest BCUT2D eigenvalue weighted by Gasteiger charge is 2.43. The van der Waals surface area contributed by atoms with Gasteiger partial charge in [-0.2, -0.15) is 0 Å². The number of carbonyl (C=O) groups excluding carboxylic acids is 2. The van der Waals surface area contributed by atoms with Crippen LogP contribution in [0.15, 0.2) is 88.2 Å². The molecular weight excluding hydrogens is 516 g/mol. The monoisotopic (exact) mass is 534 g/mol. The van der Waals surface area contributed by atoms with Crippen LogP contribution in [0.1, 0.15) is 29.7 Å². The summed E-state index contributed by atoms with van der Waals surface area (Å²) in [6.07, 6.45) is 0. The molecule has 1 unspecified atom stereocenters. The first-order valence-electron chi connectivity index (χ1n) is 10.5. The standard InChI is InChI=1S/C26H19BrN2O2S2/c1-16(18-10-6-3-7-11-18)29-25(31)23(33-26(29)32)22-20-14-19(27)12-13-21(20)28(24(22)30)15-17-8-4-2-5-9-17/h2-14,16H,15H2,1H3. The van der Waals surface area contributed by atoms with Gasteiger partial charge in [0.1, 0.15) is 4.32 Å². The molecule has 1 saturated heterocycles. The first kappa shape index (κ1) is 22.1. The third-order valence-corrected chi connectivity index (χ3v) is 7.75. The van der Waals surface area contributed by atoms with Gasteiger partial charge in [0.25, 0.3) is 11.8 Å². The zero-order valence-electron chi connectivity index (χ0n) is 17.7. The van der Waals surface area contributed by atoms with Crippen molar-refractivity contribution in [1.29, 1.82) is 0 Å². The summed E-state index contributed by atoms with van der Waals surface area (Å²) in [7, 11) is 0. The number of halogens is 1. The third kappa shape index (κ3) is 3.94. The fraction of sp³-hybridized carbons (Fsp3) is 0.115. The van der Waals surface area contributed by atoms with Crippen LogP contribution in [0.4, 0.5) is 5.69 Å². The molecule has 33 heavy (non-hydrogen) atoms. The Hall–Kier alpha value is -2.74. The topological polar surface area (TPSA) is 40.6 Å². The van der Waals surface area contributed by atoms with Crippen LogP contribution in [0.3, 0.4) is 0 Å². The van der Waals surface area contributed by atoms with E-state index in [1.807, 2.05) is 85.8 Å². The summed E-state index contributed by atoms with van der Waals surface area (Å²) in [5.41, 5.74) is 3.97. The van der Waals surface area contributed by atoms with E-state index in [4.69, 9.17) is 12.2 Å². The molecule has 1 atom stereocenters. The van der Waals surface area contributed by atoms with Crippen molar-refractivity contribution in [3.8, 4) is 0 Å². The van der Waals surface area contributed by atoms with Crippen molar-refractivity contribution < 1.29 is 9.59 Å². The molecule has 3 aromatic carbocycles. The maximum absolute atomic E-state index is 13.7. The molecule has 0 aliphatic carbocycles. The summed E-state index contributed by atoms with van der Waals surface area (Å²) in [4.78, 5) is 31.0. The van der Waals surface area contributed by atoms with Crippen molar-refractivity contribution in [2.45, 2.75) is 19.5 Å². The van der Waals surface area contributed by atoms with Crippen molar-refractivity contribution >= 4 is 67.3 Å². The smallest absolute Gasteiger partial charge is 0.267 e. The zero-order chi connectivity index (χ0) is 23.1. The van der Waals surface area contributed by atoms with Crippen LogP contribution in [0.5, 0.6) is 0 Å². The van der Waals surface area contributed by atoms with Crippen LogP contribution in [0, 0.1) is 0 Å². The zero-order valence-corrected chi connectivity index (χ0v) is 20.9. The molecule has 1 fully saturated rings. The second kappa shape index (κ2) is 8.89. The number of thiocarbonyl (C=S) groups is 1. The summed E-state index contributed by atoms with van der Waals surface area (Å²) >= 11 is 10.3. The van der Waals surface area contributed by atoms with Gasteiger partial charge in [-0.3, -0.25) is 14.5 Å². The number of benzene rings is 3. The highest BCUT2D eigenvalue weighted by molar-refractivity contribution is 9.10. The van der Waals surface area contributed by atoms with E-state index in [0.717, 1.165) is 26.9 Å². The fourth-order valence-electron chi connectivity index (χ4n) is 4.19. The van der Waals surface area contributed by atoms with E-state index in [-0.39, 0.29) is 17.9 Å². The summed E-state index contributed by atoms with van der Waals surface area (Å²) < 4.78 is 1.31. The van der Waals surface area contributed by atoms with Gasteiger partial charge in [-0.25, -0.2) is 0 Å². The number of amides is 2. The van der Waals surface area contributed by atoms with Gasteiger partial charge in [-0.05, 0) is 36.2 Å². The molecular formula is C26H19BrN2O2S2. The number of anilines is 1. The fourth-order valence-corrected chi connectivity index (χ4v) is 6.04. The lowest BCUT2D eigenvalue weighted by Crippen LogP contribution is -2.31. The minimum Gasteiger partial charge on any atom is -0.303 e. The lowest BCUT2D eigenvalue weighted by atomic mass is 10.1. The number of thioether (sulfide) groups is 1. The molecule has 164 valence electrons. The Bertz CT molecular complexity index is 1310. The molecule has 4 nitrogen and oxygen atoms in total. The van der Waals surface area contributed by atoms with E-state index < -0.39 is 0 Å². The molecule has 0 N–H and O–H groups in total. The number of hydrogen-bond donors (Lipinski definition) is 0. The molecule has 2 heterocycles. The second-order valence-corrected chi connectivity index (χ2v) is 10.4. The maximum Gasteiger partial charge on any atom is 0.267 e. The number of carbonyl (C=O) groups is 2. The minimum atomic E-state index is -0.226. The molecule has 0 radical (unpaired) electrons. The molecule has 0 bridgehead atoms. The van der Waals surface area contributed by atoms with Crippen molar-refractivity contribution in [3.63, 3.8) is 0 Å². The summed E-state index contributed by atoms with van der Waals surface area (Å²) in [6.45, 7) is 2.38. The van der Waals surface area contributed by atoms with Gasteiger partial charge in [0, 0.05) is 10.0 Å². The molecule has 2 aliphatic heterocycles. The maximum atomic E-state index is 13.7. The van der Waals surface area contributed by atoms with Crippen LogP contribution in [-0.4, -0.2) is 21.0 Å². The first-order chi connectivity index (χ1) is 16.0. The normalized spacial score (nSPS) is 18.8. The highest BCUT2D eigenvalue weighted by atomic mass is 79.9. The van der Waals surface area contributed by atoms with Crippen molar-refractivity contribution in [1.82, 2.24) is 4.90 Å². The lowest BCUT2D eigenvalue weighted by molar-refractivity contribution is -0.123. The first-order valence-corrected chi connectivity index (χ1v) is 12.5. The summed E-state index contributed by atoms with van der Waals surface area (Å²) in [5.74, 6) is -0.406. The van der Waals surface area contributed by atoms with E-state index in [1.165, 1.54) is 11.8 Å². The van der Waals surface area contributed by atoms with Gasteiger partial charge >= 0.3 is 0 Å². The van der Waals surface area contributed by atoms with Gasteiger partial charge < -0.3 is 4.90 Å². The molecule has 7 heteroatoms. The highest BCUT2D eigenvalue weighted by Crippen LogP contribution is 2.47. The Kier molecular flexibility index (Phi) is 5.95. The van der Waals surface area contributed by atoms with Crippen molar-refractivity contribution in [2.75, 3.05) is 4.90 Å².